The summed E-state index contributed by atoms with van der Waals surface area (Å²) >= 11 is 1.87. The van der Waals surface area contributed by atoms with Crippen LogP contribution < -0.4 is 0 Å². The molecule has 0 radical (unpaired) electrons. The van der Waals surface area contributed by atoms with Crippen LogP contribution in [0.4, 0.5) is 0 Å². The van der Waals surface area contributed by atoms with Crippen LogP contribution in [-0.2, 0) is 9.53 Å². The summed E-state index contributed by atoms with van der Waals surface area (Å²) in [7, 11) is 0. The molecular weight excluding hydrogens is 274 g/mol. The minimum absolute atomic E-state index is 0.102. The Bertz CT molecular complexity index is 438. The van der Waals surface area contributed by atoms with Crippen LogP contribution in [0.5, 0.6) is 0 Å². The normalized spacial score (nSPS) is 19.1. The molecule has 1 saturated heterocycles. The summed E-state index contributed by atoms with van der Waals surface area (Å²) in [5.74, 6) is -0.788. The maximum absolute atomic E-state index is 10.5. The number of carbonyl (C=O) groups is 1. The minimum atomic E-state index is -0.788. The molecule has 1 atom stereocenters. The molecule has 1 aliphatic rings. The number of hydrogen-bond donors (Lipinski definition) is 1. The van der Waals surface area contributed by atoms with E-state index in [1.807, 2.05) is 11.3 Å². The van der Waals surface area contributed by atoms with Gasteiger partial charge in [0, 0.05) is 28.9 Å². The van der Waals surface area contributed by atoms with Gasteiger partial charge in [-0.3, -0.25) is 9.69 Å². The summed E-state index contributed by atoms with van der Waals surface area (Å²) < 4.78 is 5.63. The van der Waals surface area contributed by atoms with Gasteiger partial charge in [-0.25, -0.2) is 0 Å². The first-order chi connectivity index (χ1) is 9.56. The molecule has 1 aromatic heterocycles. The topological polar surface area (TPSA) is 49.8 Å². The molecule has 0 bridgehead atoms. The Morgan fingerprint density at radius 3 is 2.75 bits per heavy atom. The largest absolute Gasteiger partial charge is 0.481 e. The second-order valence-electron chi connectivity index (χ2n) is 5.37. The van der Waals surface area contributed by atoms with E-state index in [0.29, 0.717) is 12.6 Å². The number of aryl methyl sites for hydroxylation is 1. The highest BCUT2D eigenvalue weighted by Gasteiger charge is 2.24. The SMILES string of the molecule is Cc1ccc(C(C)N2CCC(OCCC(=O)O)CC2)s1. The summed E-state index contributed by atoms with van der Waals surface area (Å²) in [5.41, 5.74) is 0. The van der Waals surface area contributed by atoms with Gasteiger partial charge in [0.05, 0.1) is 19.1 Å². The van der Waals surface area contributed by atoms with E-state index in [0.717, 1.165) is 25.9 Å². The third-order valence-corrected chi connectivity index (χ3v) is 5.04. The van der Waals surface area contributed by atoms with Gasteiger partial charge in [0.2, 0.25) is 0 Å². The van der Waals surface area contributed by atoms with E-state index in [2.05, 4.69) is 30.9 Å². The number of rotatable bonds is 6. The van der Waals surface area contributed by atoms with E-state index in [4.69, 9.17) is 9.84 Å². The molecule has 4 nitrogen and oxygen atoms in total. The summed E-state index contributed by atoms with van der Waals surface area (Å²) in [5, 5.41) is 8.60. The van der Waals surface area contributed by atoms with E-state index in [9.17, 15) is 4.79 Å². The zero-order valence-corrected chi connectivity index (χ0v) is 13.0. The van der Waals surface area contributed by atoms with Gasteiger partial charge < -0.3 is 9.84 Å². The standard InChI is InChI=1S/C15H23NO3S/c1-11-3-4-14(20-11)12(2)16-8-5-13(6-9-16)19-10-7-15(17)18/h3-4,12-13H,5-10H2,1-2H3,(H,17,18). The van der Waals surface area contributed by atoms with E-state index < -0.39 is 5.97 Å². The fraction of sp³-hybridized carbons (Fsp3) is 0.667. The zero-order valence-electron chi connectivity index (χ0n) is 12.2. The van der Waals surface area contributed by atoms with Crippen molar-refractivity contribution in [2.45, 2.75) is 45.3 Å². The average Bonchev–Trinajstić information content (AvgIpc) is 2.85. The van der Waals surface area contributed by atoms with Crippen molar-refractivity contribution >= 4 is 17.3 Å². The van der Waals surface area contributed by atoms with Crippen molar-refractivity contribution in [1.29, 1.82) is 0 Å². The van der Waals surface area contributed by atoms with Crippen molar-refractivity contribution in [3.8, 4) is 0 Å². The van der Waals surface area contributed by atoms with Crippen LogP contribution in [0.3, 0.4) is 0 Å². The Hall–Kier alpha value is -0.910. The Morgan fingerprint density at radius 2 is 2.20 bits per heavy atom. The molecule has 2 rings (SSSR count). The molecule has 1 N–H and O–H groups in total. The number of thiophene rings is 1. The number of piperidine rings is 1. The van der Waals surface area contributed by atoms with Crippen LogP contribution in [0, 0.1) is 6.92 Å². The van der Waals surface area contributed by atoms with Gasteiger partial charge in [0.1, 0.15) is 0 Å². The van der Waals surface area contributed by atoms with Crippen LogP contribution in [-0.4, -0.2) is 41.8 Å². The molecule has 0 aromatic carbocycles. The number of nitrogens with zero attached hydrogens (tertiary/aromatic N) is 1. The Kier molecular flexibility index (Phi) is 5.57. The number of hydrogen-bond acceptors (Lipinski definition) is 4. The maximum Gasteiger partial charge on any atom is 0.305 e. The highest BCUT2D eigenvalue weighted by Crippen LogP contribution is 2.29. The Labute approximate surface area is 124 Å². The van der Waals surface area contributed by atoms with Gasteiger partial charge in [0.15, 0.2) is 0 Å². The first kappa shape index (κ1) is 15.5. The molecule has 112 valence electrons. The molecule has 1 unspecified atom stereocenters. The van der Waals surface area contributed by atoms with Gasteiger partial charge in [-0.15, -0.1) is 11.3 Å². The quantitative estimate of drug-likeness (QED) is 0.876. The molecule has 1 aliphatic heterocycles. The number of carboxylic acid groups (broad SMARTS) is 1. The molecule has 1 aromatic rings. The Balaban J connectivity index is 1.75. The van der Waals surface area contributed by atoms with E-state index >= 15 is 0 Å². The first-order valence-electron chi connectivity index (χ1n) is 7.20. The first-order valence-corrected chi connectivity index (χ1v) is 8.01. The molecular formula is C15H23NO3S. The lowest BCUT2D eigenvalue weighted by molar-refractivity contribution is -0.138. The molecule has 20 heavy (non-hydrogen) atoms. The molecule has 2 heterocycles. The smallest absolute Gasteiger partial charge is 0.305 e. The summed E-state index contributed by atoms with van der Waals surface area (Å²) in [6, 6.07) is 4.87. The fourth-order valence-electron chi connectivity index (χ4n) is 2.60. The summed E-state index contributed by atoms with van der Waals surface area (Å²) in [6.07, 6.45) is 2.32. The lowest BCUT2D eigenvalue weighted by Crippen LogP contribution is -2.38. The lowest BCUT2D eigenvalue weighted by atomic mass is 10.1. The van der Waals surface area contributed by atoms with Crippen LogP contribution in [0.15, 0.2) is 12.1 Å². The number of aliphatic carboxylic acids is 1. The van der Waals surface area contributed by atoms with Crippen LogP contribution >= 0.6 is 11.3 Å². The van der Waals surface area contributed by atoms with Gasteiger partial charge in [-0.2, -0.15) is 0 Å². The van der Waals surface area contributed by atoms with Crippen molar-refractivity contribution in [3.05, 3.63) is 21.9 Å². The minimum Gasteiger partial charge on any atom is -0.481 e. The van der Waals surface area contributed by atoms with E-state index in [-0.39, 0.29) is 12.5 Å². The predicted molar refractivity (Wildman–Crippen MR) is 80.3 cm³/mol. The monoisotopic (exact) mass is 297 g/mol. The van der Waals surface area contributed by atoms with Crippen molar-refractivity contribution < 1.29 is 14.6 Å². The molecule has 0 aliphatic carbocycles. The molecule has 0 saturated carbocycles. The molecule has 5 heteroatoms. The molecule has 0 amide bonds. The third kappa shape index (κ3) is 4.30. The number of carboxylic acids is 1. The third-order valence-electron chi connectivity index (χ3n) is 3.87. The van der Waals surface area contributed by atoms with E-state index in [1.54, 1.807) is 0 Å². The Morgan fingerprint density at radius 1 is 1.50 bits per heavy atom. The fourth-order valence-corrected chi connectivity index (χ4v) is 3.56. The highest BCUT2D eigenvalue weighted by atomic mass is 32.1. The van der Waals surface area contributed by atoms with Crippen LogP contribution in [0.2, 0.25) is 0 Å². The van der Waals surface area contributed by atoms with Crippen molar-refractivity contribution in [2.75, 3.05) is 19.7 Å². The number of likely N-dealkylation sites (tertiary alicyclic amines) is 1. The maximum atomic E-state index is 10.5. The van der Waals surface area contributed by atoms with Crippen LogP contribution in [0.1, 0.15) is 42.0 Å². The van der Waals surface area contributed by atoms with E-state index in [1.165, 1.54) is 9.75 Å². The van der Waals surface area contributed by atoms with Gasteiger partial charge >= 0.3 is 5.97 Å². The second-order valence-corrected chi connectivity index (χ2v) is 6.69. The van der Waals surface area contributed by atoms with Crippen LogP contribution in [0.25, 0.3) is 0 Å². The molecule has 1 fully saturated rings. The summed E-state index contributed by atoms with van der Waals surface area (Å²) in [4.78, 5) is 15.7. The van der Waals surface area contributed by atoms with Gasteiger partial charge in [0.25, 0.3) is 0 Å². The summed E-state index contributed by atoms with van der Waals surface area (Å²) in [6.45, 7) is 6.78. The lowest BCUT2D eigenvalue weighted by Gasteiger charge is -2.35. The number of ether oxygens (including phenoxy) is 1. The average molecular weight is 297 g/mol. The van der Waals surface area contributed by atoms with Crippen molar-refractivity contribution in [1.82, 2.24) is 4.90 Å². The molecule has 0 spiro atoms. The predicted octanol–water partition coefficient (Wildman–Crippen LogP) is 3.07. The second kappa shape index (κ2) is 7.20. The van der Waals surface area contributed by atoms with Crippen molar-refractivity contribution in [3.63, 3.8) is 0 Å². The highest BCUT2D eigenvalue weighted by molar-refractivity contribution is 7.12. The zero-order chi connectivity index (χ0) is 14.5. The van der Waals surface area contributed by atoms with Crippen molar-refractivity contribution in [2.24, 2.45) is 0 Å². The van der Waals surface area contributed by atoms with Gasteiger partial charge in [-0.1, -0.05) is 0 Å². The van der Waals surface area contributed by atoms with Gasteiger partial charge in [-0.05, 0) is 38.8 Å².